The van der Waals surface area contributed by atoms with Crippen molar-refractivity contribution in [3.63, 3.8) is 0 Å². The molecular formula is C15H17N3O3. The van der Waals surface area contributed by atoms with E-state index in [2.05, 4.69) is 5.10 Å². The molecule has 0 unspecified atom stereocenters. The van der Waals surface area contributed by atoms with E-state index < -0.39 is 11.0 Å². The molecule has 6 nitrogen and oxygen atoms in total. The largest absolute Gasteiger partial charge is 0.312 e. The Bertz CT molecular complexity index is 702. The van der Waals surface area contributed by atoms with E-state index in [0.29, 0.717) is 17.0 Å². The molecule has 2 aromatic rings. The molecule has 0 fully saturated rings. The number of aryl methyl sites for hydroxylation is 2. The second-order valence-electron chi connectivity index (χ2n) is 5.13. The molecule has 1 heterocycles. The molecule has 0 aliphatic carbocycles. The second-order valence-corrected chi connectivity index (χ2v) is 5.13. The minimum Gasteiger partial charge on any atom is -0.292 e. The van der Waals surface area contributed by atoms with Crippen molar-refractivity contribution in [3.8, 4) is 0 Å². The molecule has 1 atom stereocenters. The summed E-state index contributed by atoms with van der Waals surface area (Å²) < 4.78 is 1.43. The van der Waals surface area contributed by atoms with Gasteiger partial charge in [-0.05, 0) is 27.7 Å². The van der Waals surface area contributed by atoms with E-state index >= 15 is 0 Å². The lowest BCUT2D eigenvalue weighted by Crippen LogP contribution is -2.19. The molecule has 6 heteroatoms. The van der Waals surface area contributed by atoms with E-state index in [1.165, 1.54) is 4.68 Å². The van der Waals surface area contributed by atoms with Crippen LogP contribution in [-0.2, 0) is 0 Å². The van der Waals surface area contributed by atoms with Crippen LogP contribution in [0.15, 0.2) is 24.3 Å². The average molecular weight is 287 g/mol. The van der Waals surface area contributed by atoms with Crippen LogP contribution in [0.2, 0.25) is 0 Å². The zero-order chi connectivity index (χ0) is 15.7. The zero-order valence-corrected chi connectivity index (χ0v) is 12.5. The number of nitrogens with zero attached hydrogens (tertiary/aromatic N) is 3. The number of benzene rings is 1. The number of hydrogen-bond acceptors (Lipinski definition) is 4. The normalized spacial score (nSPS) is 12.2. The minimum atomic E-state index is -0.583. The molecule has 1 aromatic heterocycles. The van der Waals surface area contributed by atoms with Crippen molar-refractivity contribution in [1.29, 1.82) is 0 Å². The maximum atomic E-state index is 12.5. The van der Waals surface area contributed by atoms with Gasteiger partial charge in [0.25, 0.3) is 0 Å². The average Bonchev–Trinajstić information content (AvgIpc) is 2.73. The number of ketones is 1. The molecule has 0 radical (unpaired) electrons. The Hall–Kier alpha value is -2.50. The summed E-state index contributed by atoms with van der Waals surface area (Å²) in [6.45, 7) is 6.83. The van der Waals surface area contributed by atoms with Crippen LogP contribution in [0.25, 0.3) is 0 Å². The maximum absolute atomic E-state index is 12.5. The first-order chi connectivity index (χ1) is 9.82. The van der Waals surface area contributed by atoms with Gasteiger partial charge in [-0.15, -0.1) is 0 Å². The van der Waals surface area contributed by atoms with Crippen LogP contribution in [0.4, 0.5) is 5.69 Å². The number of nitro groups is 1. The molecule has 0 aliphatic rings. The summed E-state index contributed by atoms with van der Waals surface area (Å²) in [6.07, 6.45) is 0. The van der Waals surface area contributed by atoms with Gasteiger partial charge in [-0.3, -0.25) is 19.6 Å². The van der Waals surface area contributed by atoms with Crippen molar-refractivity contribution >= 4 is 11.5 Å². The molecule has 1 aromatic carbocycles. The monoisotopic (exact) mass is 287 g/mol. The van der Waals surface area contributed by atoms with Crippen LogP contribution in [0.1, 0.15) is 40.3 Å². The molecule has 21 heavy (non-hydrogen) atoms. The Morgan fingerprint density at radius 3 is 2.29 bits per heavy atom. The summed E-state index contributed by atoms with van der Waals surface area (Å²) >= 11 is 0. The first-order valence-electron chi connectivity index (χ1n) is 6.64. The summed E-state index contributed by atoms with van der Waals surface area (Å²) in [5.74, 6) is -0.115. The topological polar surface area (TPSA) is 78.0 Å². The smallest absolute Gasteiger partial charge is 0.292 e. The van der Waals surface area contributed by atoms with Gasteiger partial charge in [0, 0.05) is 5.56 Å². The number of carbonyl (C=O) groups excluding carboxylic acids is 1. The summed E-state index contributed by atoms with van der Waals surface area (Å²) in [6, 6.07) is 6.66. The first-order valence-corrected chi connectivity index (χ1v) is 6.64. The van der Waals surface area contributed by atoms with Crippen molar-refractivity contribution in [2.24, 2.45) is 0 Å². The highest BCUT2D eigenvalue weighted by molar-refractivity contribution is 5.98. The van der Waals surface area contributed by atoms with Crippen LogP contribution in [0.3, 0.4) is 0 Å². The van der Waals surface area contributed by atoms with Gasteiger partial charge in [0.2, 0.25) is 0 Å². The predicted molar refractivity (Wildman–Crippen MR) is 78.6 cm³/mol. The molecule has 2 rings (SSSR count). The summed E-state index contributed by atoms with van der Waals surface area (Å²) in [4.78, 5) is 23.0. The number of Topliss-reactive ketones (excluding diaryl/α,β-unsaturated/α-hetero) is 1. The van der Waals surface area contributed by atoms with Crippen molar-refractivity contribution in [1.82, 2.24) is 9.78 Å². The summed E-state index contributed by atoms with van der Waals surface area (Å²) in [7, 11) is 0. The fourth-order valence-electron chi connectivity index (χ4n) is 2.37. The highest BCUT2D eigenvalue weighted by Crippen LogP contribution is 2.26. The van der Waals surface area contributed by atoms with Crippen LogP contribution >= 0.6 is 0 Å². The predicted octanol–water partition coefficient (Wildman–Crippen LogP) is 3.16. The highest BCUT2D eigenvalue weighted by atomic mass is 16.6. The Balaban J connectivity index is 2.38. The first kappa shape index (κ1) is 14.9. The third-order valence-electron chi connectivity index (χ3n) is 3.55. The molecular weight excluding hydrogens is 270 g/mol. The van der Waals surface area contributed by atoms with Crippen LogP contribution < -0.4 is 0 Å². The van der Waals surface area contributed by atoms with Gasteiger partial charge >= 0.3 is 5.69 Å². The van der Waals surface area contributed by atoms with E-state index in [4.69, 9.17) is 0 Å². The van der Waals surface area contributed by atoms with Crippen molar-refractivity contribution in [2.75, 3.05) is 0 Å². The standard InChI is InChI=1S/C15H17N3O3/c1-9-5-7-13(8-6-9)15(19)12(4)17-11(3)14(18(20)21)10(2)16-17/h5-8,12H,1-4H3/t12-/m0/s1. The molecule has 0 saturated heterocycles. The molecule has 0 spiro atoms. The quantitative estimate of drug-likeness (QED) is 0.491. The Morgan fingerprint density at radius 1 is 1.24 bits per heavy atom. The third-order valence-corrected chi connectivity index (χ3v) is 3.55. The second kappa shape index (κ2) is 5.47. The fourth-order valence-corrected chi connectivity index (χ4v) is 2.37. The van der Waals surface area contributed by atoms with Crippen LogP contribution in [0.5, 0.6) is 0 Å². The lowest BCUT2D eigenvalue weighted by molar-refractivity contribution is -0.386. The Kier molecular flexibility index (Phi) is 3.88. The molecule has 0 N–H and O–H groups in total. The van der Waals surface area contributed by atoms with E-state index in [1.807, 2.05) is 19.1 Å². The lowest BCUT2D eigenvalue weighted by atomic mass is 10.0. The van der Waals surface area contributed by atoms with Crippen molar-refractivity contribution < 1.29 is 9.72 Å². The van der Waals surface area contributed by atoms with E-state index in [-0.39, 0.29) is 11.5 Å². The fraction of sp³-hybridized carbons (Fsp3) is 0.333. The van der Waals surface area contributed by atoms with Gasteiger partial charge in [0.15, 0.2) is 5.78 Å². The van der Waals surface area contributed by atoms with E-state index in [1.54, 1.807) is 32.9 Å². The number of rotatable bonds is 4. The van der Waals surface area contributed by atoms with Crippen LogP contribution in [-0.4, -0.2) is 20.5 Å². The van der Waals surface area contributed by atoms with Gasteiger partial charge in [-0.25, -0.2) is 0 Å². The Labute approximate surface area is 122 Å². The number of aromatic nitrogens is 2. The zero-order valence-electron chi connectivity index (χ0n) is 12.5. The van der Waals surface area contributed by atoms with Gasteiger partial charge in [-0.1, -0.05) is 29.8 Å². The van der Waals surface area contributed by atoms with Gasteiger partial charge in [0.1, 0.15) is 17.4 Å². The van der Waals surface area contributed by atoms with E-state index in [9.17, 15) is 14.9 Å². The number of carbonyl (C=O) groups is 1. The molecule has 0 aliphatic heterocycles. The molecule has 0 bridgehead atoms. The van der Waals surface area contributed by atoms with E-state index in [0.717, 1.165) is 5.56 Å². The SMILES string of the molecule is Cc1ccc(C(=O)[C@H](C)n2nc(C)c([N+](=O)[O-])c2C)cc1. The van der Waals surface area contributed by atoms with Crippen molar-refractivity contribution in [2.45, 2.75) is 33.7 Å². The van der Waals surface area contributed by atoms with Gasteiger partial charge in [0.05, 0.1) is 4.92 Å². The molecule has 110 valence electrons. The minimum absolute atomic E-state index is 0.0291. The molecule has 0 saturated carbocycles. The molecule has 0 amide bonds. The van der Waals surface area contributed by atoms with Crippen LogP contribution in [0, 0.1) is 30.9 Å². The third kappa shape index (κ3) is 2.69. The Morgan fingerprint density at radius 2 is 1.81 bits per heavy atom. The highest BCUT2D eigenvalue weighted by Gasteiger charge is 2.27. The summed E-state index contributed by atoms with van der Waals surface area (Å²) in [5, 5.41) is 15.2. The number of hydrogen-bond donors (Lipinski definition) is 0. The van der Waals surface area contributed by atoms with Crippen molar-refractivity contribution in [3.05, 3.63) is 56.9 Å². The van der Waals surface area contributed by atoms with Gasteiger partial charge in [-0.2, -0.15) is 5.10 Å². The lowest BCUT2D eigenvalue weighted by Gasteiger charge is -2.12. The van der Waals surface area contributed by atoms with Gasteiger partial charge < -0.3 is 0 Å². The maximum Gasteiger partial charge on any atom is 0.312 e. The summed E-state index contributed by atoms with van der Waals surface area (Å²) in [5.41, 5.74) is 2.33.